The molecule has 7 heteroatoms. The number of hydrogen-bond acceptors (Lipinski definition) is 6. The minimum Gasteiger partial charge on any atom is -0.506 e. The molecule has 0 unspecified atom stereocenters. The fourth-order valence-electron chi connectivity index (χ4n) is 1.49. The lowest BCUT2D eigenvalue weighted by Gasteiger charge is -2.08. The highest BCUT2D eigenvalue weighted by Gasteiger charge is 2.07. The van der Waals surface area contributed by atoms with Gasteiger partial charge in [0.15, 0.2) is 0 Å². The molecule has 0 amide bonds. The molecule has 96 valence electrons. The van der Waals surface area contributed by atoms with Gasteiger partial charge >= 0.3 is 0 Å². The summed E-state index contributed by atoms with van der Waals surface area (Å²) in [6.45, 7) is 3.85. The van der Waals surface area contributed by atoms with Gasteiger partial charge in [-0.1, -0.05) is 0 Å². The van der Waals surface area contributed by atoms with Crippen molar-refractivity contribution in [3.8, 4) is 11.8 Å². The molecule has 2 aromatic rings. The minimum absolute atomic E-state index is 0.116. The standard InChI is InChI=1S/C12H12N6O/c1-7-3-10(11(19)4-8(7)2)14-6-9(5-13)12-15-17-18-16-12/h3-4,6,14,19H,1-2H3,(H,15,16,17,18). The van der Waals surface area contributed by atoms with Crippen molar-refractivity contribution in [1.29, 1.82) is 5.26 Å². The molecule has 0 atom stereocenters. The normalized spacial score (nSPS) is 11.1. The lowest BCUT2D eigenvalue weighted by atomic mass is 10.1. The van der Waals surface area contributed by atoms with Crippen molar-refractivity contribution in [2.24, 2.45) is 0 Å². The summed E-state index contributed by atoms with van der Waals surface area (Å²) in [5.74, 6) is 0.308. The maximum atomic E-state index is 9.81. The molecule has 0 aliphatic heterocycles. The molecular weight excluding hydrogens is 244 g/mol. The molecule has 0 saturated carbocycles. The summed E-state index contributed by atoms with van der Waals surface area (Å²) < 4.78 is 0. The van der Waals surface area contributed by atoms with Crippen molar-refractivity contribution < 1.29 is 5.11 Å². The van der Waals surface area contributed by atoms with Gasteiger partial charge in [-0.3, -0.25) is 0 Å². The van der Waals surface area contributed by atoms with E-state index in [-0.39, 0.29) is 17.1 Å². The molecule has 1 aromatic carbocycles. The van der Waals surface area contributed by atoms with Crippen LogP contribution in [0.5, 0.6) is 5.75 Å². The van der Waals surface area contributed by atoms with Crippen LogP contribution in [0.2, 0.25) is 0 Å². The van der Waals surface area contributed by atoms with Crippen molar-refractivity contribution in [2.45, 2.75) is 13.8 Å². The Balaban J connectivity index is 2.27. The molecule has 0 radical (unpaired) electrons. The second-order valence-corrected chi connectivity index (χ2v) is 4.00. The number of nitrogens with one attached hydrogen (secondary N) is 2. The number of rotatable bonds is 3. The van der Waals surface area contributed by atoms with Crippen molar-refractivity contribution >= 4 is 11.3 Å². The van der Waals surface area contributed by atoms with Crippen LogP contribution in [0.4, 0.5) is 5.69 Å². The Morgan fingerprint density at radius 1 is 1.42 bits per heavy atom. The number of aryl methyl sites for hydroxylation is 2. The first-order chi connectivity index (χ1) is 9.11. The number of benzene rings is 1. The average molecular weight is 256 g/mol. The van der Waals surface area contributed by atoms with Crippen LogP contribution in [0, 0.1) is 25.2 Å². The van der Waals surface area contributed by atoms with Crippen LogP contribution in [-0.4, -0.2) is 25.7 Å². The zero-order valence-corrected chi connectivity index (χ0v) is 10.5. The smallest absolute Gasteiger partial charge is 0.216 e. The Morgan fingerprint density at radius 2 is 2.16 bits per heavy atom. The zero-order chi connectivity index (χ0) is 13.8. The first-order valence-corrected chi connectivity index (χ1v) is 5.52. The monoisotopic (exact) mass is 256 g/mol. The van der Waals surface area contributed by atoms with E-state index in [9.17, 15) is 5.11 Å². The van der Waals surface area contributed by atoms with E-state index in [2.05, 4.69) is 25.9 Å². The second kappa shape index (κ2) is 5.18. The molecule has 0 saturated heterocycles. The Morgan fingerprint density at radius 3 is 2.79 bits per heavy atom. The van der Waals surface area contributed by atoms with Gasteiger partial charge in [0.1, 0.15) is 17.4 Å². The highest BCUT2D eigenvalue weighted by molar-refractivity contribution is 5.75. The molecular formula is C12H12N6O. The number of aromatic amines is 1. The second-order valence-electron chi connectivity index (χ2n) is 4.00. The van der Waals surface area contributed by atoms with E-state index in [1.807, 2.05) is 19.9 Å². The number of phenolic OH excluding ortho intramolecular Hbond substituents is 1. The van der Waals surface area contributed by atoms with Crippen molar-refractivity contribution in [1.82, 2.24) is 20.6 Å². The quantitative estimate of drug-likeness (QED) is 0.567. The first-order valence-electron chi connectivity index (χ1n) is 5.52. The first kappa shape index (κ1) is 12.6. The van der Waals surface area contributed by atoms with Crippen LogP contribution in [-0.2, 0) is 0 Å². The zero-order valence-electron chi connectivity index (χ0n) is 10.5. The number of phenols is 1. The summed E-state index contributed by atoms with van der Waals surface area (Å²) in [6, 6.07) is 5.41. The van der Waals surface area contributed by atoms with Gasteiger partial charge in [-0.05, 0) is 42.3 Å². The number of nitriles is 1. The highest BCUT2D eigenvalue weighted by atomic mass is 16.3. The average Bonchev–Trinajstić information content (AvgIpc) is 2.90. The van der Waals surface area contributed by atoms with Crippen LogP contribution in [0.1, 0.15) is 17.0 Å². The third-order valence-electron chi connectivity index (χ3n) is 2.69. The van der Waals surface area contributed by atoms with Gasteiger partial charge < -0.3 is 10.4 Å². The lowest BCUT2D eigenvalue weighted by Crippen LogP contribution is -1.94. The topological polar surface area (TPSA) is 111 Å². The van der Waals surface area contributed by atoms with E-state index >= 15 is 0 Å². The molecule has 1 aromatic heterocycles. The maximum absolute atomic E-state index is 9.81. The number of aromatic hydroxyl groups is 1. The molecule has 2 rings (SSSR count). The van der Waals surface area contributed by atoms with Gasteiger partial charge in [0.2, 0.25) is 5.82 Å². The number of aromatic nitrogens is 4. The summed E-state index contributed by atoms with van der Waals surface area (Å²) in [4.78, 5) is 0. The number of anilines is 1. The Kier molecular flexibility index (Phi) is 3.43. The van der Waals surface area contributed by atoms with Gasteiger partial charge in [0.05, 0.1) is 5.69 Å². The summed E-state index contributed by atoms with van der Waals surface area (Å²) >= 11 is 0. The maximum Gasteiger partial charge on any atom is 0.216 e. The summed E-state index contributed by atoms with van der Waals surface area (Å²) in [5, 5.41) is 34.8. The molecule has 0 bridgehead atoms. The van der Waals surface area contributed by atoms with Crippen LogP contribution in [0.25, 0.3) is 5.57 Å². The van der Waals surface area contributed by atoms with Crippen molar-refractivity contribution in [3.05, 3.63) is 35.3 Å². The Bertz CT molecular complexity index is 654. The number of tetrazole rings is 1. The molecule has 1 heterocycles. The molecule has 19 heavy (non-hydrogen) atoms. The Hall–Kier alpha value is -2.88. The molecule has 7 nitrogen and oxygen atoms in total. The number of hydrogen-bond donors (Lipinski definition) is 3. The minimum atomic E-state index is 0.116. The lowest BCUT2D eigenvalue weighted by molar-refractivity contribution is 0.477. The van der Waals surface area contributed by atoms with Crippen molar-refractivity contribution in [3.63, 3.8) is 0 Å². The fourth-order valence-corrected chi connectivity index (χ4v) is 1.49. The van der Waals surface area contributed by atoms with Gasteiger partial charge in [-0.2, -0.15) is 10.5 Å². The van der Waals surface area contributed by atoms with E-state index in [0.717, 1.165) is 11.1 Å². The molecule has 0 spiro atoms. The predicted octanol–water partition coefficient (Wildman–Crippen LogP) is 1.50. The van der Waals surface area contributed by atoms with Crippen molar-refractivity contribution in [2.75, 3.05) is 5.32 Å². The number of nitrogens with zero attached hydrogens (tertiary/aromatic N) is 4. The fraction of sp³-hybridized carbons (Fsp3) is 0.167. The van der Waals surface area contributed by atoms with E-state index in [0.29, 0.717) is 5.69 Å². The van der Waals surface area contributed by atoms with Crippen LogP contribution >= 0.6 is 0 Å². The van der Waals surface area contributed by atoms with Crippen LogP contribution < -0.4 is 5.32 Å². The highest BCUT2D eigenvalue weighted by Crippen LogP contribution is 2.27. The largest absolute Gasteiger partial charge is 0.506 e. The summed E-state index contributed by atoms with van der Waals surface area (Å²) in [6.07, 6.45) is 1.43. The van der Waals surface area contributed by atoms with Gasteiger partial charge in [0, 0.05) is 6.20 Å². The SMILES string of the molecule is Cc1cc(O)c(NC=C(C#N)c2nn[nH]n2)cc1C. The van der Waals surface area contributed by atoms with Gasteiger partial charge in [-0.25, -0.2) is 0 Å². The number of allylic oxidation sites excluding steroid dienone is 1. The van der Waals surface area contributed by atoms with Gasteiger partial charge in [-0.15, -0.1) is 10.2 Å². The van der Waals surface area contributed by atoms with E-state index in [4.69, 9.17) is 5.26 Å². The number of H-pyrrole nitrogens is 1. The van der Waals surface area contributed by atoms with Crippen LogP contribution in [0.3, 0.4) is 0 Å². The van der Waals surface area contributed by atoms with Gasteiger partial charge in [0.25, 0.3) is 0 Å². The third-order valence-corrected chi connectivity index (χ3v) is 2.69. The third kappa shape index (κ3) is 2.69. The molecule has 0 aliphatic rings. The predicted molar refractivity (Wildman–Crippen MR) is 69.0 cm³/mol. The summed E-state index contributed by atoms with van der Waals surface area (Å²) in [5.41, 5.74) is 2.75. The summed E-state index contributed by atoms with van der Waals surface area (Å²) in [7, 11) is 0. The van der Waals surface area contributed by atoms with E-state index < -0.39 is 0 Å². The van der Waals surface area contributed by atoms with E-state index in [1.54, 1.807) is 12.1 Å². The molecule has 0 aliphatic carbocycles. The van der Waals surface area contributed by atoms with E-state index in [1.165, 1.54) is 6.20 Å². The van der Waals surface area contributed by atoms with Crippen LogP contribution in [0.15, 0.2) is 18.3 Å². The Labute approximate surface area is 109 Å². The molecule has 0 fully saturated rings. The molecule has 3 N–H and O–H groups in total.